The minimum atomic E-state index is -0.0203. The molecule has 3 aliphatic carbocycles. The summed E-state index contributed by atoms with van der Waals surface area (Å²) < 4.78 is 11.6. The van der Waals surface area contributed by atoms with Gasteiger partial charge in [-0.05, 0) is 77.9 Å². The first-order chi connectivity index (χ1) is 13.2. The van der Waals surface area contributed by atoms with Crippen molar-refractivity contribution in [3.63, 3.8) is 0 Å². The van der Waals surface area contributed by atoms with Gasteiger partial charge in [-0.1, -0.05) is 18.6 Å². The number of fused-ring (bicyclic) bond motifs is 3. The quantitative estimate of drug-likeness (QED) is 0.850. The highest BCUT2D eigenvalue weighted by Crippen LogP contribution is 2.49. The first kappa shape index (κ1) is 18.7. The summed E-state index contributed by atoms with van der Waals surface area (Å²) in [7, 11) is 3.49. The van der Waals surface area contributed by atoms with Gasteiger partial charge < -0.3 is 19.7 Å². The third-order valence-electron chi connectivity index (χ3n) is 6.83. The molecule has 1 fully saturated rings. The van der Waals surface area contributed by atoms with Crippen molar-refractivity contribution in [1.82, 2.24) is 0 Å². The number of hydrogen-bond donors (Lipinski definition) is 2. The zero-order valence-corrected chi connectivity index (χ0v) is 16.3. The monoisotopic (exact) mass is 370 g/mol. The minimum absolute atomic E-state index is 0.00484. The Balaban J connectivity index is 2.02. The minimum Gasteiger partial charge on any atom is -0.496 e. The van der Waals surface area contributed by atoms with Gasteiger partial charge in [0.1, 0.15) is 5.75 Å². The van der Waals surface area contributed by atoms with Gasteiger partial charge in [-0.25, -0.2) is 0 Å². The van der Waals surface area contributed by atoms with Crippen molar-refractivity contribution in [2.75, 3.05) is 20.8 Å². The third-order valence-corrected chi connectivity index (χ3v) is 6.83. The number of hydrogen-bond acceptors (Lipinski definition) is 4. The van der Waals surface area contributed by atoms with E-state index >= 15 is 0 Å². The summed E-state index contributed by atoms with van der Waals surface area (Å²) in [5.41, 5.74) is 6.51. The van der Waals surface area contributed by atoms with Gasteiger partial charge >= 0.3 is 0 Å². The second-order valence-electron chi connectivity index (χ2n) is 8.05. The zero-order valence-electron chi connectivity index (χ0n) is 16.3. The molecule has 0 amide bonds. The molecule has 2 N–H and O–H groups in total. The summed E-state index contributed by atoms with van der Waals surface area (Å²) in [6.45, 7) is -0.0154. The predicted molar refractivity (Wildman–Crippen MR) is 106 cm³/mol. The van der Waals surface area contributed by atoms with Crippen molar-refractivity contribution in [3.8, 4) is 5.75 Å². The van der Waals surface area contributed by atoms with Crippen LogP contribution in [0.3, 0.4) is 0 Å². The number of ether oxygens (including phenoxy) is 2. The van der Waals surface area contributed by atoms with Crippen molar-refractivity contribution in [2.24, 2.45) is 11.8 Å². The van der Waals surface area contributed by atoms with Crippen LogP contribution in [-0.4, -0.2) is 37.1 Å². The molecule has 1 aromatic carbocycles. The summed E-state index contributed by atoms with van der Waals surface area (Å²) >= 11 is 0. The van der Waals surface area contributed by atoms with Crippen molar-refractivity contribution in [3.05, 3.63) is 46.0 Å². The molecular formula is C23H30O4. The highest BCUT2D eigenvalue weighted by atomic mass is 16.5. The summed E-state index contributed by atoms with van der Waals surface area (Å²) in [6.07, 6.45) is 8.73. The van der Waals surface area contributed by atoms with Crippen LogP contribution in [-0.2, 0) is 17.8 Å². The molecule has 0 heterocycles. The fourth-order valence-corrected chi connectivity index (χ4v) is 5.51. The molecule has 0 saturated heterocycles. The van der Waals surface area contributed by atoms with E-state index in [0.29, 0.717) is 11.8 Å². The Morgan fingerprint density at radius 3 is 2.48 bits per heavy atom. The number of aliphatic hydroxyl groups excluding tert-OH is 2. The van der Waals surface area contributed by atoms with Crippen LogP contribution in [0.15, 0.2) is 29.4 Å². The normalized spacial score (nSPS) is 27.3. The SMILES string of the molecule is COc1ccc(CO)c2c1CC1CCC[C@H]1CC1=C2C(CO)=CC[C@H]1OC. The molecule has 146 valence electrons. The van der Waals surface area contributed by atoms with Gasteiger partial charge in [0.05, 0.1) is 26.4 Å². The van der Waals surface area contributed by atoms with E-state index in [0.717, 1.165) is 47.3 Å². The lowest BCUT2D eigenvalue weighted by Crippen LogP contribution is -2.26. The van der Waals surface area contributed by atoms with E-state index in [9.17, 15) is 10.2 Å². The number of aliphatic hydroxyl groups is 2. The molecule has 1 unspecified atom stereocenters. The lowest BCUT2D eigenvalue weighted by molar-refractivity contribution is 0.126. The van der Waals surface area contributed by atoms with E-state index in [1.165, 1.54) is 30.4 Å². The van der Waals surface area contributed by atoms with Gasteiger partial charge in [0.2, 0.25) is 0 Å². The molecule has 0 spiro atoms. The molecule has 4 nitrogen and oxygen atoms in total. The van der Waals surface area contributed by atoms with Gasteiger partial charge in [-0.15, -0.1) is 0 Å². The van der Waals surface area contributed by atoms with Crippen molar-refractivity contribution in [1.29, 1.82) is 0 Å². The van der Waals surface area contributed by atoms with E-state index < -0.39 is 0 Å². The molecule has 4 rings (SSSR count). The maximum absolute atomic E-state index is 10.1. The van der Waals surface area contributed by atoms with Gasteiger partial charge in [0.15, 0.2) is 0 Å². The molecule has 0 bridgehead atoms. The number of rotatable bonds is 4. The molecule has 27 heavy (non-hydrogen) atoms. The van der Waals surface area contributed by atoms with E-state index in [2.05, 4.69) is 6.08 Å². The smallest absolute Gasteiger partial charge is 0.122 e. The number of benzene rings is 1. The van der Waals surface area contributed by atoms with Crippen molar-refractivity contribution >= 4 is 5.57 Å². The van der Waals surface area contributed by atoms with E-state index in [4.69, 9.17) is 9.47 Å². The predicted octanol–water partition coefficient (Wildman–Crippen LogP) is 3.64. The fraction of sp³-hybridized carbons (Fsp3) is 0.565. The van der Waals surface area contributed by atoms with Crippen LogP contribution in [0, 0.1) is 11.8 Å². The van der Waals surface area contributed by atoms with Gasteiger partial charge in [-0.2, -0.15) is 0 Å². The van der Waals surface area contributed by atoms with Crippen LogP contribution >= 0.6 is 0 Å². The van der Waals surface area contributed by atoms with Crippen molar-refractivity contribution in [2.45, 2.75) is 51.2 Å². The van der Waals surface area contributed by atoms with Crippen molar-refractivity contribution < 1.29 is 19.7 Å². The van der Waals surface area contributed by atoms with E-state index in [-0.39, 0.29) is 19.3 Å². The van der Waals surface area contributed by atoms with Crippen LogP contribution in [0.1, 0.15) is 48.8 Å². The summed E-state index contributed by atoms with van der Waals surface area (Å²) in [5, 5.41) is 20.2. The van der Waals surface area contributed by atoms with Gasteiger partial charge in [-0.3, -0.25) is 0 Å². The van der Waals surface area contributed by atoms with E-state index in [1.54, 1.807) is 14.2 Å². The lowest BCUT2D eigenvalue weighted by atomic mass is 9.72. The highest BCUT2D eigenvalue weighted by Gasteiger charge is 2.37. The lowest BCUT2D eigenvalue weighted by Gasteiger charge is -2.35. The Kier molecular flexibility index (Phi) is 5.40. The van der Waals surface area contributed by atoms with E-state index in [1.807, 2.05) is 12.1 Å². The first-order valence-corrected chi connectivity index (χ1v) is 10.1. The maximum Gasteiger partial charge on any atom is 0.122 e. The average Bonchev–Trinajstić information content (AvgIpc) is 3.12. The first-order valence-electron chi connectivity index (χ1n) is 10.1. The molecule has 3 aliphatic rings. The molecule has 1 aromatic rings. The molecule has 0 aliphatic heterocycles. The fourth-order valence-electron chi connectivity index (χ4n) is 5.51. The Hall–Kier alpha value is -1.62. The van der Waals surface area contributed by atoms with Crippen LogP contribution in [0.4, 0.5) is 0 Å². The molecule has 0 radical (unpaired) electrons. The Morgan fingerprint density at radius 1 is 1.04 bits per heavy atom. The van der Waals surface area contributed by atoms with Crippen LogP contribution < -0.4 is 4.74 Å². The Labute approximate surface area is 161 Å². The van der Waals surface area contributed by atoms with Crippen LogP contribution in [0.2, 0.25) is 0 Å². The zero-order chi connectivity index (χ0) is 19.0. The maximum atomic E-state index is 10.1. The second kappa shape index (κ2) is 7.78. The summed E-state index contributed by atoms with van der Waals surface area (Å²) in [6, 6.07) is 3.94. The van der Waals surface area contributed by atoms with Crippen LogP contribution in [0.25, 0.3) is 5.57 Å². The summed E-state index contributed by atoms with van der Waals surface area (Å²) in [4.78, 5) is 0. The third kappa shape index (κ3) is 3.14. The van der Waals surface area contributed by atoms with Gasteiger partial charge in [0.25, 0.3) is 0 Å². The number of methoxy groups -OCH3 is 2. The summed E-state index contributed by atoms with van der Waals surface area (Å²) in [5.74, 6) is 2.18. The molecule has 0 aromatic heterocycles. The Morgan fingerprint density at radius 2 is 1.81 bits per heavy atom. The molecule has 4 heteroatoms. The van der Waals surface area contributed by atoms with Crippen LogP contribution in [0.5, 0.6) is 5.75 Å². The largest absolute Gasteiger partial charge is 0.496 e. The topological polar surface area (TPSA) is 58.9 Å². The molecular weight excluding hydrogens is 340 g/mol. The average molecular weight is 370 g/mol. The molecule has 1 saturated carbocycles. The highest BCUT2D eigenvalue weighted by molar-refractivity contribution is 5.87. The standard InChI is InChI=1S/C23H30O4/c1-26-20-8-6-16(12-24)22-18(20)10-14-4-3-5-15(14)11-19-21(27-2)9-7-17(13-25)23(19)22/h6-8,14-15,21,24-25H,3-5,9-13H2,1-2H3/t14?,15-,21+/m0/s1. The van der Waals surface area contributed by atoms with Gasteiger partial charge in [0, 0.05) is 12.7 Å². The second-order valence-corrected chi connectivity index (χ2v) is 8.05. The molecule has 3 atom stereocenters. The Bertz CT molecular complexity index is 777.